The van der Waals surface area contributed by atoms with E-state index in [1.807, 2.05) is 6.07 Å². The molecule has 104 valence electrons. The maximum absolute atomic E-state index is 12.0. The summed E-state index contributed by atoms with van der Waals surface area (Å²) in [5.41, 5.74) is 0.730. The first kappa shape index (κ1) is 14.3. The molecule has 6 heteroatoms. The third-order valence-electron chi connectivity index (χ3n) is 2.68. The van der Waals surface area contributed by atoms with Crippen LogP contribution in [0.15, 0.2) is 51.6 Å². The molecule has 1 heterocycles. The first-order chi connectivity index (χ1) is 9.56. The minimum Gasteiger partial charge on any atom is -0.481 e. The van der Waals surface area contributed by atoms with Crippen molar-refractivity contribution in [1.29, 1.82) is 0 Å². The molecule has 0 spiro atoms. The average molecular weight is 338 g/mol. The molecule has 0 saturated heterocycles. The number of halogens is 1. The van der Waals surface area contributed by atoms with E-state index in [1.54, 1.807) is 30.3 Å². The summed E-state index contributed by atoms with van der Waals surface area (Å²) in [4.78, 5) is 22.9. The van der Waals surface area contributed by atoms with Crippen LogP contribution in [0.3, 0.4) is 0 Å². The molecule has 20 heavy (non-hydrogen) atoms. The van der Waals surface area contributed by atoms with E-state index in [9.17, 15) is 9.59 Å². The summed E-state index contributed by atoms with van der Waals surface area (Å²) in [5.74, 6) is -1.31. The van der Waals surface area contributed by atoms with Gasteiger partial charge in [0.05, 0.1) is 12.5 Å². The van der Waals surface area contributed by atoms with Crippen molar-refractivity contribution in [2.24, 2.45) is 0 Å². The Kier molecular flexibility index (Phi) is 4.57. The lowest BCUT2D eigenvalue weighted by Crippen LogP contribution is -2.29. The fourth-order valence-corrected chi connectivity index (χ4v) is 2.08. The molecule has 0 unspecified atom stereocenters. The molecular weight excluding hydrogens is 326 g/mol. The van der Waals surface area contributed by atoms with Crippen molar-refractivity contribution >= 4 is 27.8 Å². The second-order valence-corrected chi connectivity index (χ2v) is 4.92. The molecule has 0 aliphatic rings. The number of amides is 1. The Hall–Kier alpha value is -2.08. The number of benzene rings is 1. The summed E-state index contributed by atoms with van der Waals surface area (Å²) in [6.45, 7) is 0. The van der Waals surface area contributed by atoms with Crippen LogP contribution in [0.1, 0.15) is 28.6 Å². The summed E-state index contributed by atoms with van der Waals surface area (Å²) >= 11 is 3.11. The molecule has 0 aliphatic carbocycles. The first-order valence-corrected chi connectivity index (χ1v) is 6.68. The van der Waals surface area contributed by atoms with Gasteiger partial charge in [-0.25, -0.2) is 0 Å². The predicted octanol–water partition coefficient (Wildman–Crippen LogP) is 2.99. The van der Waals surface area contributed by atoms with E-state index in [0.717, 1.165) is 5.56 Å². The Bertz CT molecular complexity index is 609. The number of carboxylic acid groups (broad SMARTS) is 1. The number of hydrogen-bond acceptors (Lipinski definition) is 3. The van der Waals surface area contributed by atoms with Crippen LogP contribution in [0, 0.1) is 0 Å². The van der Waals surface area contributed by atoms with Crippen LogP contribution in [0.25, 0.3) is 0 Å². The second-order valence-electron chi connectivity index (χ2n) is 4.14. The van der Waals surface area contributed by atoms with Crippen LogP contribution in [0.2, 0.25) is 0 Å². The highest BCUT2D eigenvalue weighted by atomic mass is 79.9. The van der Waals surface area contributed by atoms with E-state index in [2.05, 4.69) is 21.2 Å². The minimum atomic E-state index is -0.986. The summed E-state index contributed by atoms with van der Waals surface area (Å²) < 4.78 is 5.59. The highest BCUT2D eigenvalue weighted by Crippen LogP contribution is 2.19. The smallest absolute Gasteiger partial charge is 0.305 e. The molecule has 5 nitrogen and oxygen atoms in total. The topological polar surface area (TPSA) is 79.5 Å². The van der Waals surface area contributed by atoms with Gasteiger partial charge in [-0.2, -0.15) is 0 Å². The number of aliphatic carboxylic acids is 1. The number of carboxylic acids is 1. The van der Waals surface area contributed by atoms with Crippen LogP contribution in [-0.2, 0) is 4.79 Å². The molecule has 2 rings (SSSR count). The van der Waals surface area contributed by atoms with Gasteiger partial charge in [0.2, 0.25) is 0 Å². The summed E-state index contributed by atoms with van der Waals surface area (Å²) in [5, 5.41) is 11.6. The van der Waals surface area contributed by atoms with Gasteiger partial charge in [-0.15, -0.1) is 0 Å². The van der Waals surface area contributed by atoms with Crippen molar-refractivity contribution in [2.45, 2.75) is 12.5 Å². The number of carbonyl (C=O) groups is 2. The number of furan rings is 1. The largest absolute Gasteiger partial charge is 0.481 e. The molecule has 0 aliphatic heterocycles. The van der Waals surface area contributed by atoms with Gasteiger partial charge >= 0.3 is 5.97 Å². The van der Waals surface area contributed by atoms with Crippen molar-refractivity contribution in [1.82, 2.24) is 5.32 Å². The van der Waals surface area contributed by atoms with Crippen LogP contribution < -0.4 is 5.32 Å². The molecule has 2 N–H and O–H groups in total. The van der Waals surface area contributed by atoms with Gasteiger partial charge in [0.25, 0.3) is 5.91 Å². The lowest BCUT2D eigenvalue weighted by atomic mass is 10.0. The van der Waals surface area contributed by atoms with E-state index < -0.39 is 17.9 Å². The molecule has 0 radical (unpaired) electrons. The Labute approximate surface area is 123 Å². The Balaban J connectivity index is 2.16. The monoisotopic (exact) mass is 337 g/mol. The SMILES string of the molecule is O=C(O)C[C@@H](NC(=O)c1ccc(Br)o1)c1ccccc1. The number of rotatable bonds is 5. The zero-order valence-electron chi connectivity index (χ0n) is 10.4. The minimum absolute atomic E-state index is 0.128. The van der Waals surface area contributed by atoms with Crippen LogP contribution in [0.5, 0.6) is 0 Å². The van der Waals surface area contributed by atoms with Gasteiger partial charge in [-0.1, -0.05) is 30.3 Å². The quantitative estimate of drug-likeness (QED) is 0.878. The molecule has 1 atom stereocenters. The van der Waals surface area contributed by atoms with Gasteiger partial charge in [-0.05, 0) is 33.6 Å². The zero-order chi connectivity index (χ0) is 14.5. The number of hydrogen-bond donors (Lipinski definition) is 2. The molecule has 1 amide bonds. The lowest BCUT2D eigenvalue weighted by molar-refractivity contribution is -0.137. The fourth-order valence-electron chi connectivity index (χ4n) is 1.78. The van der Waals surface area contributed by atoms with E-state index in [4.69, 9.17) is 9.52 Å². The predicted molar refractivity (Wildman–Crippen MR) is 75.3 cm³/mol. The van der Waals surface area contributed by atoms with Crippen molar-refractivity contribution in [3.05, 3.63) is 58.5 Å². The molecule has 0 saturated carbocycles. The highest BCUT2D eigenvalue weighted by molar-refractivity contribution is 9.10. The van der Waals surface area contributed by atoms with E-state index in [-0.39, 0.29) is 12.2 Å². The van der Waals surface area contributed by atoms with Gasteiger partial charge < -0.3 is 14.8 Å². The van der Waals surface area contributed by atoms with Gasteiger partial charge in [-0.3, -0.25) is 9.59 Å². The van der Waals surface area contributed by atoms with Crippen molar-refractivity contribution in [2.75, 3.05) is 0 Å². The van der Waals surface area contributed by atoms with Crippen molar-refractivity contribution in [3.63, 3.8) is 0 Å². The lowest BCUT2D eigenvalue weighted by Gasteiger charge is -2.16. The third-order valence-corrected chi connectivity index (χ3v) is 3.11. The van der Waals surface area contributed by atoms with Gasteiger partial charge in [0, 0.05) is 0 Å². The fraction of sp³-hybridized carbons (Fsp3) is 0.143. The Morgan fingerprint density at radius 3 is 2.45 bits per heavy atom. The van der Waals surface area contributed by atoms with Crippen LogP contribution in [-0.4, -0.2) is 17.0 Å². The normalized spacial score (nSPS) is 11.8. The van der Waals surface area contributed by atoms with Crippen LogP contribution in [0.4, 0.5) is 0 Å². The standard InChI is InChI=1S/C14H12BrNO4/c15-12-7-6-11(20-12)14(19)16-10(8-13(17)18)9-4-2-1-3-5-9/h1-7,10H,8H2,(H,16,19)(H,17,18)/t10-/m1/s1. The maximum atomic E-state index is 12.0. The molecular formula is C14H12BrNO4. The van der Waals surface area contributed by atoms with Crippen LogP contribution >= 0.6 is 15.9 Å². The van der Waals surface area contributed by atoms with Gasteiger partial charge in [0.1, 0.15) is 0 Å². The van der Waals surface area contributed by atoms with Crippen molar-refractivity contribution < 1.29 is 19.1 Å². The van der Waals surface area contributed by atoms with E-state index in [0.29, 0.717) is 4.67 Å². The molecule has 0 fully saturated rings. The van der Waals surface area contributed by atoms with Crippen molar-refractivity contribution in [3.8, 4) is 0 Å². The molecule has 0 bridgehead atoms. The third kappa shape index (κ3) is 3.71. The first-order valence-electron chi connectivity index (χ1n) is 5.89. The molecule has 1 aromatic heterocycles. The average Bonchev–Trinajstić information content (AvgIpc) is 2.85. The Morgan fingerprint density at radius 2 is 1.90 bits per heavy atom. The molecule has 2 aromatic rings. The molecule has 1 aromatic carbocycles. The highest BCUT2D eigenvalue weighted by Gasteiger charge is 2.20. The Morgan fingerprint density at radius 1 is 1.20 bits per heavy atom. The summed E-state index contributed by atoms with van der Waals surface area (Å²) in [6, 6.07) is 11.5. The summed E-state index contributed by atoms with van der Waals surface area (Å²) in [6.07, 6.45) is -0.197. The van der Waals surface area contributed by atoms with E-state index >= 15 is 0 Å². The zero-order valence-corrected chi connectivity index (χ0v) is 12.0. The number of carbonyl (C=O) groups excluding carboxylic acids is 1. The maximum Gasteiger partial charge on any atom is 0.305 e. The van der Waals surface area contributed by atoms with Gasteiger partial charge in [0.15, 0.2) is 10.4 Å². The van der Waals surface area contributed by atoms with E-state index in [1.165, 1.54) is 6.07 Å². The summed E-state index contributed by atoms with van der Waals surface area (Å²) in [7, 11) is 0. The number of nitrogens with one attached hydrogen (secondary N) is 1. The second kappa shape index (κ2) is 6.38.